The monoisotopic (exact) mass is 533 g/mol. The van der Waals surface area contributed by atoms with Gasteiger partial charge in [0.05, 0.1) is 29.2 Å². The second kappa shape index (κ2) is 11.7. The van der Waals surface area contributed by atoms with E-state index in [2.05, 4.69) is 15.6 Å². The molecule has 1 aromatic heterocycles. The highest BCUT2D eigenvalue weighted by molar-refractivity contribution is 8.00. The van der Waals surface area contributed by atoms with Gasteiger partial charge in [-0.1, -0.05) is 24.3 Å². The highest BCUT2D eigenvalue weighted by Gasteiger charge is 2.18. The zero-order chi connectivity index (χ0) is 26.4. The van der Waals surface area contributed by atoms with Crippen molar-refractivity contribution in [3.63, 3.8) is 0 Å². The van der Waals surface area contributed by atoms with Crippen LogP contribution in [0.25, 0.3) is 11.3 Å². The van der Waals surface area contributed by atoms with Crippen LogP contribution in [0.15, 0.2) is 83.1 Å². The molecule has 4 aromatic rings. The van der Waals surface area contributed by atoms with Crippen LogP contribution in [0.1, 0.15) is 27.6 Å². The fourth-order valence-electron chi connectivity index (χ4n) is 3.39. The molecule has 0 aliphatic heterocycles. The van der Waals surface area contributed by atoms with Crippen molar-refractivity contribution < 1.29 is 24.2 Å². The third kappa shape index (κ3) is 6.54. The maximum atomic E-state index is 12.7. The molecule has 3 N–H and O–H groups in total. The molecule has 1 heterocycles. The first-order valence-corrected chi connectivity index (χ1v) is 12.9. The van der Waals surface area contributed by atoms with Gasteiger partial charge in [0.2, 0.25) is 5.91 Å². The molecule has 0 bridgehead atoms. The van der Waals surface area contributed by atoms with Gasteiger partial charge in [0, 0.05) is 21.5 Å². The number of hydrogen-bond acceptors (Lipinski definition) is 7. The lowest BCUT2D eigenvalue weighted by Crippen LogP contribution is -2.22. The van der Waals surface area contributed by atoms with E-state index in [0.29, 0.717) is 10.8 Å². The number of aromatic nitrogens is 1. The summed E-state index contributed by atoms with van der Waals surface area (Å²) < 4.78 is 5.26. The minimum Gasteiger partial charge on any atom is -0.497 e. The molecule has 0 saturated carbocycles. The Kier molecular flexibility index (Phi) is 8.22. The molecule has 10 heteroatoms. The summed E-state index contributed by atoms with van der Waals surface area (Å²) in [6, 6.07) is 20.6. The van der Waals surface area contributed by atoms with Crippen molar-refractivity contribution in [3.8, 4) is 17.0 Å². The SMILES string of the molecule is COc1cccc(-c2csc(NC(=O)C(C)Sc3ccc(NC(=O)c4ccccc4C(=O)O)cc3)n2)c1. The molecule has 1 atom stereocenters. The lowest BCUT2D eigenvalue weighted by molar-refractivity contribution is -0.115. The number of amides is 2. The number of rotatable bonds is 9. The average Bonchev–Trinajstić information content (AvgIpc) is 3.38. The Morgan fingerprint density at radius 2 is 1.70 bits per heavy atom. The molecule has 37 heavy (non-hydrogen) atoms. The van der Waals surface area contributed by atoms with Crippen molar-refractivity contribution in [2.24, 2.45) is 0 Å². The minimum absolute atomic E-state index is 0.0668. The van der Waals surface area contributed by atoms with E-state index < -0.39 is 17.1 Å². The van der Waals surface area contributed by atoms with E-state index in [-0.39, 0.29) is 17.0 Å². The molecule has 0 radical (unpaired) electrons. The predicted octanol–water partition coefficient (Wildman–Crippen LogP) is 5.89. The Labute approximate surface area is 221 Å². The van der Waals surface area contributed by atoms with Crippen LogP contribution in [-0.4, -0.2) is 40.2 Å². The number of carboxylic acids is 1. The molecular formula is C27H23N3O5S2. The molecule has 188 valence electrons. The molecule has 1 unspecified atom stereocenters. The van der Waals surface area contributed by atoms with E-state index in [1.807, 2.05) is 29.6 Å². The smallest absolute Gasteiger partial charge is 0.336 e. The summed E-state index contributed by atoms with van der Waals surface area (Å²) in [5.74, 6) is -1.13. The molecule has 4 rings (SSSR count). The summed E-state index contributed by atoms with van der Waals surface area (Å²) >= 11 is 2.72. The van der Waals surface area contributed by atoms with Crippen LogP contribution in [-0.2, 0) is 4.79 Å². The number of nitrogens with zero attached hydrogens (tertiary/aromatic N) is 1. The highest BCUT2D eigenvalue weighted by atomic mass is 32.2. The van der Waals surface area contributed by atoms with Gasteiger partial charge in [-0.05, 0) is 55.5 Å². The first kappa shape index (κ1) is 25.9. The number of thioether (sulfide) groups is 1. The van der Waals surface area contributed by atoms with Crippen molar-refractivity contribution in [2.45, 2.75) is 17.1 Å². The van der Waals surface area contributed by atoms with Crippen LogP contribution < -0.4 is 15.4 Å². The number of methoxy groups -OCH3 is 1. The fraction of sp³-hybridized carbons (Fsp3) is 0.111. The summed E-state index contributed by atoms with van der Waals surface area (Å²) in [6.07, 6.45) is 0. The van der Waals surface area contributed by atoms with Gasteiger partial charge >= 0.3 is 5.97 Å². The number of carbonyl (C=O) groups is 3. The highest BCUT2D eigenvalue weighted by Crippen LogP contribution is 2.29. The van der Waals surface area contributed by atoms with Crippen molar-refractivity contribution in [1.82, 2.24) is 4.98 Å². The van der Waals surface area contributed by atoms with Crippen LogP contribution in [0.2, 0.25) is 0 Å². The molecule has 0 saturated heterocycles. The molecule has 3 aromatic carbocycles. The fourth-order valence-corrected chi connectivity index (χ4v) is 4.98. The summed E-state index contributed by atoms with van der Waals surface area (Å²) in [5, 5.41) is 16.8. The van der Waals surface area contributed by atoms with Gasteiger partial charge in [0.15, 0.2) is 5.13 Å². The lowest BCUT2D eigenvalue weighted by atomic mass is 10.1. The molecule has 0 aliphatic carbocycles. The first-order chi connectivity index (χ1) is 17.8. The molecule has 8 nitrogen and oxygen atoms in total. The number of hydrogen-bond donors (Lipinski definition) is 3. The number of ether oxygens (including phenoxy) is 1. The number of benzene rings is 3. The van der Waals surface area contributed by atoms with E-state index >= 15 is 0 Å². The number of carboxylic acid groups (broad SMARTS) is 1. The second-order valence-corrected chi connectivity index (χ2v) is 10.1. The van der Waals surface area contributed by atoms with Gasteiger partial charge in [0.25, 0.3) is 5.91 Å². The largest absolute Gasteiger partial charge is 0.497 e. The van der Waals surface area contributed by atoms with Crippen LogP contribution in [0.5, 0.6) is 5.75 Å². The van der Waals surface area contributed by atoms with Gasteiger partial charge in [-0.2, -0.15) is 0 Å². The Morgan fingerprint density at radius 1 is 0.973 bits per heavy atom. The van der Waals surface area contributed by atoms with Crippen molar-refractivity contribution in [2.75, 3.05) is 17.7 Å². The standard InChI is InChI=1S/C27H23N3O5S2/c1-16(24(31)30-27-29-23(15-36-27)17-6-5-7-19(14-17)35-2)37-20-12-10-18(11-13-20)28-25(32)21-8-3-4-9-22(21)26(33)34/h3-16H,1-2H3,(H,28,32)(H,33,34)(H,29,30,31). The summed E-state index contributed by atoms with van der Waals surface area (Å²) in [7, 11) is 1.61. The summed E-state index contributed by atoms with van der Waals surface area (Å²) in [6.45, 7) is 1.80. The third-order valence-electron chi connectivity index (χ3n) is 5.30. The van der Waals surface area contributed by atoms with Crippen molar-refractivity contribution in [1.29, 1.82) is 0 Å². The van der Waals surface area contributed by atoms with Crippen LogP contribution >= 0.6 is 23.1 Å². The van der Waals surface area contributed by atoms with Gasteiger partial charge in [-0.15, -0.1) is 23.1 Å². The predicted molar refractivity (Wildman–Crippen MR) is 146 cm³/mol. The normalized spacial score (nSPS) is 11.4. The van der Waals surface area contributed by atoms with Gasteiger partial charge in [-0.25, -0.2) is 9.78 Å². The van der Waals surface area contributed by atoms with E-state index in [1.165, 1.54) is 35.2 Å². The average molecular weight is 534 g/mol. The first-order valence-electron chi connectivity index (χ1n) is 11.2. The van der Waals surface area contributed by atoms with Gasteiger partial charge in [0.1, 0.15) is 5.75 Å². The zero-order valence-corrected chi connectivity index (χ0v) is 21.6. The van der Waals surface area contributed by atoms with Gasteiger partial charge in [-0.3, -0.25) is 9.59 Å². The molecule has 2 amide bonds. The van der Waals surface area contributed by atoms with Crippen LogP contribution in [0.4, 0.5) is 10.8 Å². The molecular weight excluding hydrogens is 510 g/mol. The molecule has 0 spiro atoms. The van der Waals surface area contributed by atoms with E-state index in [0.717, 1.165) is 21.9 Å². The van der Waals surface area contributed by atoms with E-state index in [4.69, 9.17) is 4.74 Å². The Morgan fingerprint density at radius 3 is 2.41 bits per heavy atom. The van der Waals surface area contributed by atoms with Crippen LogP contribution in [0.3, 0.4) is 0 Å². The van der Waals surface area contributed by atoms with Gasteiger partial charge < -0.3 is 20.5 Å². The van der Waals surface area contributed by atoms with Crippen LogP contribution in [0, 0.1) is 0 Å². The maximum Gasteiger partial charge on any atom is 0.336 e. The quantitative estimate of drug-likeness (QED) is 0.230. The lowest BCUT2D eigenvalue weighted by Gasteiger charge is -2.12. The number of carbonyl (C=O) groups excluding carboxylic acids is 2. The summed E-state index contributed by atoms with van der Waals surface area (Å²) in [4.78, 5) is 42.0. The Balaban J connectivity index is 1.34. The Hall–Kier alpha value is -4.15. The summed E-state index contributed by atoms with van der Waals surface area (Å²) in [5.41, 5.74) is 2.18. The maximum absolute atomic E-state index is 12.7. The van der Waals surface area contributed by atoms with E-state index in [1.54, 1.807) is 50.4 Å². The minimum atomic E-state index is -1.17. The van der Waals surface area contributed by atoms with Crippen molar-refractivity contribution >= 4 is 51.7 Å². The molecule has 0 aliphatic rings. The Bertz CT molecular complexity index is 1440. The van der Waals surface area contributed by atoms with E-state index in [9.17, 15) is 19.5 Å². The number of nitrogens with one attached hydrogen (secondary N) is 2. The number of anilines is 2. The second-order valence-electron chi connectivity index (χ2n) is 7.85. The number of thiazole rings is 1. The zero-order valence-electron chi connectivity index (χ0n) is 19.9. The third-order valence-corrected chi connectivity index (χ3v) is 7.17. The topological polar surface area (TPSA) is 118 Å². The molecule has 0 fully saturated rings. The number of aromatic carboxylic acids is 1. The van der Waals surface area contributed by atoms with Crippen molar-refractivity contribution in [3.05, 3.63) is 89.3 Å².